The zero-order valence-electron chi connectivity index (χ0n) is 15.6. The summed E-state index contributed by atoms with van der Waals surface area (Å²) >= 11 is 0. The smallest absolute Gasteiger partial charge is 0.137 e. The van der Waals surface area contributed by atoms with Crippen molar-refractivity contribution in [2.24, 2.45) is 0 Å². The third-order valence-corrected chi connectivity index (χ3v) is 4.22. The average molecular weight is 324 g/mol. The van der Waals surface area contributed by atoms with Gasteiger partial charge in [0.25, 0.3) is 0 Å². The molecular formula is C19H34NO3+. The van der Waals surface area contributed by atoms with Crippen molar-refractivity contribution < 1.29 is 19.9 Å². The van der Waals surface area contributed by atoms with Gasteiger partial charge in [-0.25, -0.2) is 0 Å². The van der Waals surface area contributed by atoms with Crippen molar-refractivity contribution in [2.75, 3.05) is 20.3 Å². The number of methoxy groups -OCH3 is 1. The zero-order valence-corrected chi connectivity index (χ0v) is 15.6. The van der Waals surface area contributed by atoms with Crippen molar-refractivity contribution in [1.29, 1.82) is 0 Å². The van der Waals surface area contributed by atoms with E-state index in [1.165, 1.54) is 0 Å². The fourth-order valence-corrected chi connectivity index (χ4v) is 2.57. The van der Waals surface area contributed by atoms with Crippen LogP contribution in [0.4, 0.5) is 0 Å². The van der Waals surface area contributed by atoms with Crippen LogP contribution in [0.2, 0.25) is 0 Å². The van der Waals surface area contributed by atoms with E-state index in [0.717, 1.165) is 29.9 Å². The van der Waals surface area contributed by atoms with Crippen molar-refractivity contribution in [2.45, 2.75) is 65.0 Å². The van der Waals surface area contributed by atoms with E-state index in [2.05, 4.69) is 39.9 Å². The summed E-state index contributed by atoms with van der Waals surface area (Å²) in [5.74, 6) is 1.64. The highest BCUT2D eigenvalue weighted by molar-refractivity contribution is 5.44. The summed E-state index contributed by atoms with van der Waals surface area (Å²) in [6, 6.07) is 6.41. The maximum absolute atomic E-state index is 10.2. The summed E-state index contributed by atoms with van der Waals surface area (Å²) in [5, 5.41) is 12.4. The average Bonchev–Trinajstić information content (AvgIpc) is 2.52. The Bertz CT molecular complexity index is 464. The molecule has 0 heterocycles. The first kappa shape index (κ1) is 19.8. The number of rotatable bonds is 9. The van der Waals surface area contributed by atoms with Crippen molar-refractivity contribution in [3.05, 3.63) is 23.8 Å². The first-order chi connectivity index (χ1) is 10.8. The molecule has 0 aromatic heterocycles. The van der Waals surface area contributed by atoms with Crippen LogP contribution in [0.5, 0.6) is 11.5 Å². The Labute approximate surface area is 141 Å². The highest BCUT2D eigenvalue weighted by Crippen LogP contribution is 2.34. The molecule has 0 spiro atoms. The molecular weight excluding hydrogens is 290 g/mol. The van der Waals surface area contributed by atoms with Gasteiger partial charge in [-0.2, -0.15) is 0 Å². The minimum atomic E-state index is -0.467. The molecule has 0 fully saturated rings. The molecule has 0 saturated carbocycles. The number of ether oxygens (including phenoxy) is 2. The maximum atomic E-state index is 10.2. The second-order valence-electron chi connectivity index (χ2n) is 7.12. The lowest BCUT2D eigenvalue weighted by atomic mass is 9.86. The molecule has 0 bridgehead atoms. The van der Waals surface area contributed by atoms with Gasteiger partial charge in [0.05, 0.1) is 13.2 Å². The first-order valence-corrected chi connectivity index (χ1v) is 8.64. The molecule has 1 aromatic rings. The molecule has 4 heteroatoms. The number of nitrogens with two attached hydrogens (primary N) is 1. The predicted molar refractivity (Wildman–Crippen MR) is 94.4 cm³/mol. The SMILES string of the molecule is CCC(CC)[NH2+]C[C@@H](O)COc1ccc(OC)cc1C(C)(C)C. The van der Waals surface area contributed by atoms with Crippen LogP contribution in [-0.4, -0.2) is 37.5 Å². The van der Waals surface area contributed by atoms with Gasteiger partial charge in [-0.3, -0.25) is 0 Å². The second kappa shape index (κ2) is 9.14. The molecule has 1 rings (SSSR count). The Balaban J connectivity index is 2.66. The summed E-state index contributed by atoms with van der Waals surface area (Å²) in [4.78, 5) is 0. The van der Waals surface area contributed by atoms with Crippen LogP contribution in [-0.2, 0) is 5.41 Å². The van der Waals surface area contributed by atoms with Crippen molar-refractivity contribution in [3.8, 4) is 11.5 Å². The Morgan fingerprint density at radius 1 is 1.17 bits per heavy atom. The summed E-state index contributed by atoms with van der Waals surface area (Å²) in [5.41, 5.74) is 1.05. The van der Waals surface area contributed by atoms with Gasteiger partial charge in [-0.05, 0) is 36.5 Å². The lowest BCUT2D eigenvalue weighted by Gasteiger charge is -2.24. The third-order valence-electron chi connectivity index (χ3n) is 4.22. The van der Waals surface area contributed by atoms with E-state index in [-0.39, 0.29) is 5.41 Å². The van der Waals surface area contributed by atoms with E-state index >= 15 is 0 Å². The summed E-state index contributed by atoms with van der Waals surface area (Å²) in [7, 11) is 1.67. The number of hydrogen-bond donors (Lipinski definition) is 2. The van der Waals surface area contributed by atoms with Crippen LogP contribution in [0.1, 0.15) is 53.0 Å². The number of aliphatic hydroxyl groups excluding tert-OH is 1. The fourth-order valence-electron chi connectivity index (χ4n) is 2.57. The number of benzene rings is 1. The fraction of sp³-hybridized carbons (Fsp3) is 0.684. The summed E-state index contributed by atoms with van der Waals surface area (Å²) in [6.45, 7) is 11.8. The molecule has 0 amide bonds. The number of aliphatic hydroxyl groups is 1. The maximum Gasteiger partial charge on any atom is 0.137 e. The molecule has 0 unspecified atom stereocenters. The predicted octanol–water partition coefficient (Wildman–Crippen LogP) is 2.48. The molecule has 0 saturated heterocycles. The Hall–Kier alpha value is -1.26. The normalized spacial score (nSPS) is 13.2. The van der Waals surface area contributed by atoms with E-state index in [1.54, 1.807) is 7.11 Å². The van der Waals surface area contributed by atoms with Gasteiger partial charge in [0.15, 0.2) is 0 Å². The van der Waals surface area contributed by atoms with Crippen molar-refractivity contribution in [3.63, 3.8) is 0 Å². The van der Waals surface area contributed by atoms with Gasteiger partial charge in [-0.15, -0.1) is 0 Å². The van der Waals surface area contributed by atoms with Crippen LogP contribution in [0.15, 0.2) is 18.2 Å². The highest BCUT2D eigenvalue weighted by atomic mass is 16.5. The van der Waals surface area contributed by atoms with Crippen LogP contribution >= 0.6 is 0 Å². The monoisotopic (exact) mass is 324 g/mol. The minimum Gasteiger partial charge on any atom is -0.497 e. The van der Waals surface area contributed by atoms with Crippen LogP contribution in [0.3, 0.4) is 0 Å². The first-order valence-electron chi connectivity index (χ1n) is 8.64. The van der Waals surface area contributed by atoms with Gasteiger partial charge < -0.3 is 19.9 Å². The van der Waals surface area contributed by atoms with Crippen LogP contribution in [0.25, 0.3) is 0 Å². The van der Waals surface area contributed by atoms with Gasteiger partial charge >= 0.3 is 0 Å². The van der Waals surface area contributed by atoms with E-state index in [4.69, 9.17) is 9.47 Å². The van der Waals surface area contributed by atoms with Gasteiger partial charge in [0.2, 0.25) is 0 Å². The van der Waals surface area contributed by atoms with Crippen LogP contribution in [0, 0.1) is 0 Å². The standard InChI is InChI=1S/C19H33NO3/c1-7-14(8-2)20-12-15(21)13-23-18-10-9-16(22-6)11-17(18)19(3,4)5/h9-11,14-15,20-21H,7-8,12-13H2,1-6H3/p+1/t15-/m1/s1. The highest BCUT2D eigenvalue weighted by Gasteiger charge is 2.21. The topological polar surface area (TPSA) is 55.3 Å². The van der Waals surface area contributed by atoms with E-state index in [0.29, 0.717) is 19.2 Å². The quantitative estimate of drug-likeness (QED) is 0.734. The number of hydrogen-bond acceptors (Lipinski definition) is 3. The van der Waals surface area contributed by atoms with Gasteiger partial charge in [0.1, 0.15) is 30.8 Å². The third kappa shape index (κ3) is 6.40. The Morgan fingerprint density at radius 3 is 2.35 bits per heavy atom. The lowest BCUT2D eigenvalue weighted by molar-refractivity contribution is -0.695. The molecule has 1 atom stereocenters. The van der Waals surface area contributed by atoms with E-state index in [1.807, 2.05) is 18.2 Å². The molecule has 4 nitrogen and oxygen atoms in total. The minimum absolute atomic E-state index is 0.0452. The molecule has 3 N–H and O–H groups in total. The van der Waals surface area contributed by atoms with Crippen molar-refractivity contribution >= 4 is 0 Å². The number of quaternary nitrogens is 1. The van der Waals surface area contributed by atoms with Crippen LogP contribution < -0.4 is 14.8 Å². The summed E-state index contributed by atoms with van der Waals surface area (Å²) in [6.07, 6.45) is 1.78. The second-order valence-corrected chi connectivity index (χ2v) is 7.12. The molecule has 0 radical (unpaired) electrons. The summed E-state index contributed by atoms with van der Waals surface area (Å²) < 4.78 is 11.2. The lowest BCUT2D eigenvalue weighted by Crippen LogP contribution is -2.91. The molecule has 1 aromatic carbocycles. The van der Waals surface area contributed by atoms with E-state index in [9.17, 15) is 5.11 Å². The molecule has 0 aliphatic carbocycles. The molecule has 132 valence electrons. The van der Waals surface area contributed by atoms with Gasteiger partial charge in [0, 0.05) is 5.56 Å². The molecule has 0 aliphatic rings. The van der Waals surface area contributed by atoms with E-state index < -0.39 is 6.10 Å². The Morgan fingerprint density at radius 2 is 1.83 bits per heavy atom. The van der Waals surface area contributed by atoms with Gasteiger partial charge in [-0.1, -0.05) is 34.6 Å². The largest absolute Gasteiger partial charge is 0.497 e. The van der Waals surface area contributed by atoms with Crippen molar-refractivity contribution in [1.82, 2.24) is 0 Å². The Kier molecular flexibility index (Phi) is 7.86. The zero-order chi connectivity index (χ0) is 17.5. The molecule has 0 aliphatic heterocycles. The molecule has 23 heavy (non-hydrogen) atoms.